The monoisotopic (exact) mass is 413 g/mol. The maximum atomic E-state index is 13.1. The smallest absolute Gasteiger partial charge is 0.223 e. The number of hydrogen-bond donors (Lipinski definition) is 0. The fourth-order valence-electron chi connectivity index (χ4n) is 3.81. The molecule has 0 radical (unpaired) electrons. The van der Waals surface area contributed by atoms with Gasteiger partial charge >= 0.3 is 0 Å². The van der Waals surface area contributed by atoms with Crippen LogP contribution in [0, 0.1) is 5.82 Å². The van der Waals surface area contributed by atoms with E-state index in [9.17, 15) is 4.39 Å². The van der Waals surface area contributed by atoms with Gasteiger partial charge in [0, 0.05) is 43.4 Å². The summed E-state index contributed by atoms with van der Waals surface area (Å²) >= 11 is 5.95. The van der Waals surface area contributed by atoms with Crippen LogP contribution in [0.3, 0.4) is 0 Å². The molecule has 1 saturated heterocycles. The van der Waals surface area contributed by atoms with Gasteiger partial charge in [0.1, 0.15) is 12.5 Å². The molecule has 0 unspecified atom stereocenters. The molecule has 2 aromatic carbocycles. The molecule has 0 spiro atoms. The lowest BCUT2D eigenvalue weighted by Crippen LogP contribution is -2.46. The van der Waals surface area contributed by atoms with Crippen LogP contribution >= 0.6 is 11.6 Å². The standard InChI is InChI=1S/C22H25ClFN5/c1-27(20-10-12-29(13-11-20)21-8-6-19(24)7-9-21)22-25-15-28(16-26-22)14-17-2-4-18(23)5-3-17/h2-9,15,20H,10-14,16H2,1H3. The van der Waals surface area contributed by atoms with Crippen molar-refractivity contribution in [2.24, 2.45) is 9.98 Å². The minimum absolute atomic E-state index is 0.193. The lowest BCUT2D eigenvalue weighted by molar-refractivity contribution is 0.298. The number of benzene rings is 2. The Balaban J connectivity index is 1.28. The minimum atomic E-state index is -0.193. The zero-order valence-corrected chi connectivity index (χ0v) is 17.3. The topological polar surface area (TPSA) is 34.4 Å². The Bertz CT molecular complexity index is 873. The van der Waals surface area contributed by atoms with Crippen molar-refractivity contribution in [1.82, 2.24) is 9.80 Å². The van der Waals surface area contributed by atoms with Crippen molar-refractivity contribution in [2.75, 3.05) is 31.7 Å². The molecule has 0 aromatic heterocycles. The molecule has 2 aromatic rings. The van der Waals surface area contributed by atoms with Crippen LogP contribution in [-0.2, 0) is 6.54 Å². The van der Waals surface area contributed by atoms with Crippen molar-refractivity contribution in [2.45, 2.75) is 25.4 Å². The summed E-state index contributed by atoms with van der Waals surface area (Å²) in [6.45, 7) is 3.25. The first-order valence-corrected chi connectivity index (χ1v) is 10.3. The summed E-state index contributed by atoms with van der Waals surface area (Å²) in [4.78, 5) is 15.8. The summed E-state index contributed by atoms with van der Waals surface area (Å²) in [5.41, 5.74) is 2.26. The molecule has 2 aliphatic rings. The van der Waals surface area contributed by atoms with Gasteiger partial charge in [-0.1, -0.05) is 23.7 Å². The maximum absolute atomic E-state index is 13.1. The Morgan fingerprint density at radius 1 is 1.07 bits per heavy atom. The highest BCUT2D eigenvalue weighted by Gasteiger charge is 2.25. The van der Waals surface area contributed by atoms with Crippen LogP contribution < -0.4 is 4.90 Å². The van der Waals surface area contributed by atoms with Crippen molar-refractivity contribution in [3.05, 3.63) is 64.9 Å². The maximum Gasteiger partial charge on any atom is 0.223 e. The van der Waals surface area contributed by atoms with Crippen molar-refractivity contribution >= 4 is 29.6 Å². The summed E-state index contributed by atoms with van der Waals surface area (Å²) in [6.07, 6.45) is 3.93. The van der Waals surface area contributed by atoms with Crippen LogP contribution in [0.5, 0.6) is 0 Å². The van der Waals surface area contributed by atoms with Gasteiger partial charge in [0.05, 0.1) is 6.34 Å². The lowest BCUT2D eigenvalue weighted by atomic mass is 10.0. The van der Waals surface area contributed by atoms with Gasteiger partial charge in [0.25, 0.3) is 0 Å². The molecular weight excluding hydrogens is 389 g/mol. The summed E-state index contributed by atoms with van der Waals surface area (Å²) < 4.78 is 13.1. The van der Waals surface area contributed by atoms with Crippen LogP contribution in [0.25, 0.3) is 0 Å². The Morgan fingerprint density at radius 3 is 2.38 bits per heavy atom. The van der Waals surface area contributed by atoms with Crippen LogP contribution in [0.2, 0.25) is 5.02 Å². The number of aliphatic imine (C=N–C) groups is 2. The molecule has 0 saturated carbocycles. The number of rotatable bonds is 4. The third-order valence-corrected chi connectivity index (χ3v) is 5.80. The Morgan fingerprint density at radius 2 is 1.76 bits per heavy atom. The second-order valence-electron chi connectivity index (χ2n) is 7.52. The van der Waals surface area contributed by atoms with Crippen molar-refractivity contribution in [3.8, 4) is 0 Å². The first-order chi connectivity index (χ1) is 14.1. The molecule has 1 fully saturated rings. The normalized spacial score (nSPS) is 17.4. The predicted molar refractivity (Wildman–Crippen MR) is 117 cm³/mol. The second-order valence-corrected chi connectivity index (χ2v) is 7.96. The zero-order chi connectivity index (χ0) is 20.2. The number of anilines is 1. The summed E-state index contributed by atoms with van der Waals surface area (Å²) in [7, 11) is 2.07. The number of hydrogen-bond acceptors (Lipinski definition) is 5. The molecule has 7 heteroatoms. The molecule has 2 heterocycles. The van der Waals surface area contributed by atoms with Gasteiger partial charge in [-0.3, -0.25) is 0 Å². The fraction of sp³-hybridized carbons (Fsp3) is 0.364. The van der Waals surface area contributed by atoms with E-state index < -0.39 is 0 Å². The van der Waals surface area contributed by atoms with Gasteiger partial charge in [0.2, 0.25) is 5.96 Å². The molecule has 2 aliphatic heterocycles. The molecular formula is C22H25ClFN5. The molecule has 0 N–H and O–H groups in total. The summed E-state index contributed by atoms with van der Waals surface area (Å²) in [5, 5.41) is 0.744. The van der Waals surface area contributed by atoms with Crippen molar-refractivity contribution in [1.29, 1.82) is 0 Å². The van der Waals surface area contributed by atoms with Crippen molar-refractivity contribution < 1.29 is 4.39 Å². The lowest BCUT2D eigenvalue weighted by Gasteiger charge is -2.38. The number of guanidine groups is 1. The van der Waals surface area contributed by atoms with E-state index in [1.807, 2.05) is 42.7 Å². The number of piperidine rings is 1. The van der Waals surface area contributed by atoms with E-state index in [0.29, 0.717) is 12.7 Å². The van der Waals surface area contributed by atoms with Crippen molar-refractivity contribution in [3.63, 3.8) is 0 Å². The average Bonchev–Trinajstić information content (AvgIpc) is 2.76. The highest BCUT2D eigenvalue weighted by atomic mass is 35.5. The fourth-order valence-corrected chi connectivity index (χ4v) is 3.94. The molecule has 4 rings (SSSR count). The molecule has 0 aliphatic carbocycles. The van der Waals surface area contributed by atoms with Crippen LogP contribution in [0.1, 0.15) is 18.4 Å². The largest absolute Gasteiger partial charge is 0.371 e. The molecule has 0 bridgehead atoms. The van der Waals surface area contributed by atoms with Gasteiger partial charge in [-0.25, -0.2) is 14.4 Å². The van der Waals surface area contributed by atoms with Crippen LogP contribution in [0.15, 0.2) is 58.5 Å². The van der Waals surface area contributed by atoms with E-state index >= 15 is 0 Å². The quantitative estimate of drug-likeness (QED) is 0.752. The van der Waals surface area contributed by atoms with E-state index in [2.05, 4.69) is 31.7 Å². The van der Waals surface area contributed by atoms with E-state index in [-0.39, 0.29) is 5.82 Å². The Kier molecular flexibility index (Phi) is 6.00. The number of halogens is 2. The van der Waals surface area contributed by atoms with Gasteiger partial charge in [-0.05, 0) is 54.8 Å². The highest BCUT2D eigenvalue weighted by molar-refractivity contribution is 6.30. The zero-order valence-electron chi connectivity index (χ0n) is 16.5. The third-order valence-electron chi connectivity index (χ3n) is 5.55. The molecule has 5 nitrogen and oxygen atoms in total. The minimum Gasteiger partial charge on any atom is -0.371 e. The van der Waals surface area contributed by atoms with Crippen LogP contribution in [-0.4, -0.2) is 54.9 Å². The molecule has 29 heavy (non-hydrogen) atoms. The molecule has 0 atom stereocenters. The van der Waals surface area contributed by atoms with Gasteiger partial charge in [0.15, 0.2) is 0 Å². The van der Waals surface area contributed by atoms with Crippen LogP contribution in [0.4, 0.5) is 10.1 Å². The van der Waals surface area contributed by atoms with Gasteiger partial charge in [-0.15, -0.1) is 0 Å². The average molecular weight is 414 g/mol. The first-order valence-electron chi connectivity index (χ1n) is 9.89. The predicted octanol–water partition coefficient (Wildman–Crippen LogP) is 4.24. The molecule has 152 valence electrons. The molecule has 0 amide bonds. The second kappa shape index (κ2) is 8.82. The van der Waals surface area contributed by atoms with Gasteiger partial charge in [-0.2, -0.15) is 0 Å². The SMILES string of the molecule is CN(C1=NCN(Cc2ccc(Cl)cc2)C=N1)C1CCN(c2ccc(F)cc2)CC1. The van der Waals surface area contributed by atoms with Gasteiger partial charge < -0.3 is 14.7 Å². The summed E-state index contributed by atoms with van der Waals surface area (Å²) in [5.74, 6) is 0.597. The summed E-state index contributed by atoms with van der Waals surface area (Å²) in [6, 6.07) is 15.0. The first kappa shape index (κ1) is 19.7. The Hall–Kier alpha value is -2.60. The third kappa shape index (κ3) is 4.88. The van der Waals surface area contributed by atoms with E-state index in [4.69, 9.17) is 11.6 Å². The number of nitrogens with zero attached hydrogens (tertiary/aromatic N) is 5. The highest BCUT2D eigenvalue weighted by Crippen LogP contribution is 2.23. The van der Waals surface area contributed by atoms with E-state index in [1.54, 1.807) is 0 Å². The van der Waals surface area contributed by atoms with E-state index in [1.165, 1.54) is 17.7 Å². The Labute approximate surface area is 176 Å². The van der Waals surface area contributed by atoms with E-state index in [0.717, 1.165) is 49.1 Å².